The number of quaternary nitrogens is 1. The molecule has 1 N–H and O–H groups in total. The van der Waals surface area contributed by atoms with Gasteiger partial charge in [0.05, 0.1) is 18.8 Å². The summed E-state index contributed by atoms with van der Waals surface area (Å²) < 4.78 is 12.2. The molecule has 1 aromatic heterocycles. The molecule has 0 radical (unpaired) electrons. The maximum atomic E-state index is 6.09. The van der Waals surface area contributed by atoms with Crippen molar-refractivity contribution in [2.75, 3.05) is 13.2 Å². The standard InChI is InChI=1S/C22H22N4O2S/c1-2-26(16-23-25-22(26)29)14-18-10-6-7-11-20(18)27-13-12-19-15-28-21(24-19)17-8-4-3-5-9-17/h3-11,15-16H,2,12-14H2,1H3/p+1. The van der Waals surface area contributed by atoms with Crippen molar-refractivity contribution in [3.8, 4) is 17.2 Å². The first-order valence-corrected chi connectivity index (χ1v) is 10.0. The van der Waals surface area contributed by atoms with E-state index in [1.54, 1.807) is 6.26 Å². The van der Waals surface area contributed by atoms with Gasteiger partial charge in [-0.3, -0.25) is 0 Å². The molecule has 0 spiro atoms. The molecule has 1 atom stereocenters. The Labute approximate surface area is 175 Å². The summed E-state index contributed by atoms with van der Waals surface area (Å²) in [6.07, 6.45) is 4.22. The summed E-state index contributed by atoms with van der Waals surface area (Å²) in [5.74, 6) is 1.48. The predicted octanol–water partition coefficient (Wildman–Crippen LogP) is 4.13. The van der Waals surface area contributed by atoms with Crippen LogP contribution in [0.2, 0.25) is 0 Å². The Morgan fingerprint density at radius 2 is 1.90 bits per heavy atom. The van der Waals surface area contributed by atoms with Gasteiger partial charge in [-0.2, -0.15) is 0 Å². The second-order valence-electron chi connectivity index (χ2n) is 6.89. The topological polar surface area (TPSA) is 59.7 Å². The van der Waals surface area contributed by atoms with Gasteiger partial charge >= 0.3 is 0 Å². The van der Waals surface area contributed by atoms with E-state index in [4.69, 9.17) is 21.4 Å². The van der Waals surface area contributed by atoms with E-state index in [0.717, 1.165) is 29.1 Å². The third kappa shape index (κ3) is 4.21. The maximum Gasteiger partial charge on any atom is 0.296 e. The molecule has 0 saturated carbocycles. The smallest absolute Gasteiger partial charge is 0.296 e. The lowest BCUT2D eigenvalue weighted by Gasteiger charge is -2.27. The number of aromatic nitrogens is 1. The van der Waals surface area contributed by atoms with Crippen molar-refractivity contribution < 1.29 is 13.6 Å². The fourth-order valence-corrected chi connectivity index (χ4v) is 3.57. The zero-order chi connectivity index (χ0) is 20.1. The van der Waals surface area contributed by atoms with E-state index >= 15 is 0 Å². The molecular formula is C22H23N4O2S+. The van der Waals surface area contributed by atoms with Crippen molar-refractivity contribution in [1.29, 1.82) is 0 Å². The van der Waals surface area contributed by atoms with Gasteiger partial charge in [0.25, 0.3) is 5.11 Å². The third-order valence-electron chi connectivity index (χ3n) is 5.02. The number of ether oxygens (including phenoxy) is 1. The fourth-order valence-electron chi connectivity index (χ4n) is 3.28. The van der Waals surface area contributed by atoms with Gasteiger partial charge < -0.3 is 9.15 Å². The molecule has 2 heterocycles. The second-order valence-corrected chi connectivity index (χ2v) is 7.27. The first kappa shape index (κ1) is 19.3. The molecule has 1 unspecified atom stereocenters. The number of benzene rings is 2. The van der Waals surface area contributed by atoms with Gasteiger partial charge in [-0.25, -0.2) is 14.9 Å². The number of thiocarbonyl (C=S) groups is 1. The van der Waals surface area contributed by atoms with Gasteiger partial charge in [0.1, 0.15) is 18.6 Å². The molecule has 1 aliphatic rings. The lowest BCUT2D eigenvalue weighted by Crippen LogP contribution is -2.49. The van der Waals surface area contributed by atoms with Crippen molar-refractivity contribution in [2.24, 2.45) is 5.10 Å². The SMILES string of the molecule is CC[N+]1(Cc2ccccc2OCCc2coc(-c3ccccc3)n2)C=NNC1=S. The Morgan fingerprint density at radius 3 is 2.66 bits per heavy atom. The first-order valence-electron chi connectivity index (χ1n) is 9.62. The van der Waals surface area contributed by atoms with Gasteiger partial charge in [0, 0.05) is 29.8 Å². The number of nitrogens with zero attached hydrogens (tertiary/aromatic N) is 3. The Hall–Kier alpha value is -3.03. The van der Waals surface area contributed by atoms with Crippen LogP contribution in [0.5, 0.6) is 5.75 Å². The Morgan fingerprint density at radius 1 is 1.10 bits per heavy atom. The number of hydrogen-bond acceptors (Lipinski definition) is 5. The highest BCUT2D eigenvalue weighted by Crippen LogP contribution is 2.25. The van der Waals surface area contributed by atoms with Crippen LogP contribution in [-0.2, 0) is 13.0 Å². The predicted molar refractivity (Wildman–Crippen MR) is 116 cm³/mol. The van der Waals surface area contributed by atoms with Crippen LogP contribution in [0.3, 0.4) is 0 Å². The average molecular weight is 408 g/mol. The summed E-state index contributed by atoms with van der Waals surface area (Å²) in [6.45, 7) is 4.14. The number of rotatable bonds is 8. The minimum atomic E-state index is 0.499. The molecule has 3 aromatic rings. The van der Waals surface area contributed by atoms with Crippen molar-refractivity contribution in [3.63, 3.8) is 0 Å². The molecule has 1 aliphatic heterocycles. The summed E-state index contributed by atoms with van der Waals surface area (Å²) in [5.41, 5.74) is 5.83. The summed E-state index contributed by atoms with van der Waals surface area (Å²) in [7, 11) is 0. The lowest BCUT2D eigenvalue weighted by atomic mass is 10.1. The van der Waals surface area contributed by atoms with E-state index in [9.17, 15) is 0 Å². The van der Waals surface area contributed by atoms with Gasteiger partial charge in [0.2, 0.25) is 12.2 Å². The largest absolute Gasteiger partial charge is 0.493 e. The average Bonchev–Trinajstić information content (AvgIpc) is 3.37. The van der Waals surface area contributed by atoms with Crippen molar-refractivity contribution in [3.05, 3.63) is 72.1 Å². The molecular weight excluding hydrogens is 384 g/mol. The highest BCUT2D eigenvalue weighted by Gasteiger charge is 2.35. The van der Waals surface area contributed by atoms with Crippen LogP contribution in [-0.4, -0.2) is 34.1 Å². The molecule has 29 heavy (non-hydrogen) atoms. The number of hydrogen-bond donors (Lipinski definition) is 1. The molecule has 0 saturated heterocycles. The second kappa shape index (κ2) is 8.55. The van der Waals surface area contributed by atoms with Crippen LogP contribution < -0.4 is 10.2 Å². The van der Waals surface area contributed by atoms with Crippen LogP contribution in [0, 0.1) is 0 Å². The van der Waals surface area contributed by atoms with E-state index in [-0.39, 0.29) is 0 Å². The normalized spacial score (nSPS) is 18.0. The van der Waals surface area contributed by atoms with E-state index < -0.39 is 0 Å². The Kier molecular flexibility index (Phi) is 5.69. The molecule has 0 fully saturated rings. The van der Waals surface area contributed by atoms with Crippen molar-refractivity contribution in [2.45, 2.75) is 19.9 Å². The summed E-state index contributed by atoms with van der Waals surface area (Å²) in [6, 6.07) is 17.9. The molecule has 0 aliphatic carbocycles. The zero-order valence-corrected chi connectivity index (χ0v) is 17.1. The van der Waals surface area contributed by atoms with Crippen LogP contribution in [0.4, 0.5) is 0 Å². The summed E-state index contributed by atoms with van der Waals surface area (Å²) >= 11 is 5.46. The quantitative estimate of drug-likeness (QED) is 0.449. The van der Waals surface area contributed by atoms with E-state index in [1.165, 1.54) is 0 Å². The molecule has 6 nitrogen and oxygen atoms in total. The van der Waals surface area contributed by atoms with Crippen LogP contribution >= 0.6 is 12.2 Å². The van der Waals surface area contributed by atoms with Gasteiger partial charge in [-0.05, 0) is 31.2 Å². The molecule has 148 valence electrons. The first-order chi connectivity index (χ1) is 14.2. The molecule has 0 amide bonds. The van der Waals surface area contributed by atoms with Crippen molar-refractivity contribution in [1.82, 2.24) is 10.4 Å². The monoisotopic (exact) mass is 407 g/mol. The highest BCUT2D eigenvalue weighted by molar-refractivity contribution is 7.80. The fraction of sp³-hybridized carbons (Fsp3) is 0.227. The number of nitrogens with one attached hydrogen (secondary N) is 1. The molecule has 0 bridgehead atoms. The highest BCUT2D eigenvalue weighted by atomic mass is 32.1. The molecule has 2 aromatic carbocycles. The number of para-hydroxylation sites is 1. The van der Waals surface area contributed by atoms with Gasteiger partial charge in [0.15, 0.2) is 0 Å². The van der Waals surface area contributed by atoms with E-state index in [1.807, 2.05) is 54.9 Å². The van der Waals surface area contributed by atoms with Gasteiger partial charge in [-0.15, -0.1) is 5.10 Å². The number of oxazole rings is 1. The minimum absolute atomic E-state index is 0.499. The molecule has 7 heteroatoms. The minimum Gasteiger partial charge on any atom is -0.493 e. The Balaban J connectivity index is 1.40. The van der Waals surface area contributed by atoms with Crippen LogP contribution in [0.15, 0.2) is 70.4 Å². The molecule has 4 rings (SSSR count). The van der Waals surface area contributed by atoms with E-state index in [0.29, 0.717) is 35.1 Å². The third-order valence-corrected chi connectivity index (χ3v) is 5.48. The van der Waals surface area contributed by atoms with E-state index in [2.05, 4.69) is 28.5 Å². The number of hydrazone groups is 1. The maximum absolute atomic E-state index is 6.09. The summed E-state index contributed by atoms with van der Waals surface area (Å²) in [4.78, 5) is 4.56. The summed E-state index contributed by atoms with van der Waals surface area (Å²) in [5, 5.41) is 4.85. The van der Waals surface area contributed by atoms with Gasteiger partial charge in [-0.1, -0.05) is 30.3 Å². The van der Waals surface area contributed by atoms with Crippen LogP contribution in [0.25, 0.3) is 11.5 Å². The Bertz CT molecular complexity index is 1020. The zero-order valence-electron chi connectivity index (χ0n) is 16.2. The van der Waals surface area contributed by atoms with Crippen LogP contribution in [0.1, 0.15) is 18.2 Å². The lowest BCUT2D eigenvalue weighted by molar-refractivity contribution is -0.749. The van der Waals surface area contributed by atoms with Crippen molar-refractivity contribution >= 4 is 23.7 Å².